The molecule has 1 atom stereocenters. The third kappa shape index (κ3) is 16.7. The Hall–Kier alpha value is -6.17. The summed E-state index contributed by atoms with van der Waals surface area (Å²) in [6, 6.07) is 18.9. The van der Waals surface area contributed by atoms with E-state index in [0.717, 1.165) is 98.9 Å². The number of nitrogens with zero attached hydrogens (tertiary/aromatic N) is 5. The van der Waals surface area contributed by atoms with Gasteiger partial charge in [-0.2, -0.15) is 0 Å². The molecule has 2 aromatic carbocycles. The number of allylic oxidation sites excluding steroid dienone is 10. The molecule has 5 rings (SSSR count). The molecule has 0 spiro atoms. The summed E-state index contributed by atoms with van der Waals surface area (Å²) in [5, 5.41) is 19.7. The second kappa shape index (κ2) is 26.9. The van der Waals surface area contributed by atoms with Crippen LogP contribution in [0.2, 0.25) is 0 Å². The Morgan fingerprint density at radius 2 is 1.55 bits per heavy atom. The van der Waals surface area contributed by atoms with E-state index in [1.807, 2.05) is 67.6 Å². The van der Waals surface area contributed by atoms with Gasteiger partial charge in [0.2, 0.25) is 5.95 Å². The van der Waals surface area contributed by atoms with Crippen LogP contribution in [0.15, 0.2) is 140 Å². The van der Waals surface area contributed by atoms with Crippen molar-refractivity contribution in [3.8, 4) is 11.3 Å². The van der Waals surface area contributed by atoms with Crippen LogP contribution in [0, 0.1) is 6.92 Å². The van der Waals surface area contributed by atoms with Gasteiger partial charge in [0, 0.05) is 73.3 Å². The van der Waals surface area contributed by atoms with Crippen molar-refractivity contribution in [1.29, 1.82) is 0 Å². The Balaban J connectivity index is 0.981. The van der Waals surface area contributed by atoms with Crippen LogP contribution in [-0.2, 0) is 6.54 Å². The monoisotopic (exact) mass is 837 g/mol. The molecule has 2 amide bonds. The van der Waals surface area contributed by atoms with Crippen LogP contribution in [0.1, 0.15) is 86.2 Å². The number of hydrogen-bond acceptors (Lipinski definition) is 8. The number of nitrogens with one attached hydrogen (secondary N) is 3. The largest absolute Gasteiger partial charge is 0.465 e. The Morgan fingerprint density at radius 3 is 2.24 bits per heavy atom. The molecule has 11 nitrogen and oxygen atoms in total. The number of aryl methyl sites for hydroxylation is 1. The van der Waals surface area contributed by atoms with Crippen LogP contribution < -0.4 is 16.0 Å². The third-order valence-corrected chi connectivity index (χ3v) is 10.6. The van der Waals surface area contributed by atoms with Gasteiger partial charge in [-0.15, -0.1) is 0 Å². The molecule has 4 N–H and O–H groups in total. The molecule has 0 bridgehead atoms. The number of unbranched alkanes of at least 4 members (excludes halogenated alkanes) is 2. The summed E-state index contributed by atoms with van der Waals surface area (Å²) in [6.45, 7) is 8.33. The lowest BCUT2D eigenvalue weighted by Gasteiger charge is -2.40. The van der Waals surface area contributed by atoms with Crippen molar-refractivity contribution in [2.45, 2.75) is 84.2 Å². The minimum absolute atomic E-state index is 0.0781. The average Bonchev–Trinajstić information content (AvgIpc) is 3.28. The van der Waals surface area contributed by atoms with Crippen LogP contribution in [-0.4, -0.2) is 80.6 Å². The van der Waals surface area contributed by atoms with Gasteiger partial charge in [-0.25, -0.2) is 14.8 Å². The van der Waals surface area contributed by atoms with Gasteiger partial charge >= 0.3 is 6.09 Å². The van der Waals surface area contributed by atoms with Gasteiger partial charge in [0.1, 0.15) is 0 Å². The van der Waals surface area contributed by atoms with Gasteiger partial charge < -0.3 is 26.0 Å². The van der Waals surface area contributed by atoms with Gasteiger partial charge in [0.05, 0.1) is 5.69 Å². The second-order valence-corrected chi connectivity index (χ2v) is 15.4. The van der Waals surface area contributed by atoms with Crippen molar-refractivity contribution >= 4 is 29.3 Å². The number of carbonyl (C=O) groups excluding carboxylic acids is 1. The molecule has 4 aromatic rings. The predicted octanol–water partition coefficient (Wildman–Crippen LogP) is 10.9. The highest BCUT2D eigenvalue weighted by Gasteiger charge is 2.30. The highest BCUT2D eigenvalue weighted by Crippen LogP contribution is 2.25. The summed E-state index contributed by atoms with van der Waals surface area (Å²) in [5.74, 6) is 0.235. The number of rotatable bonds is 24. The SMILES string of the molecule is CC/C=C\CC=CCC=CC/C=C\C/C=C\CCCCNCCC1CN(Cc2ccc(C(=O)Nc3ccc(C)c(Nc4nccc(-c5cccnc5)n4)c3)cc2)CCN1C(=O)O. The van der Waals surface area contributed by atoms with Gasteiger partial charge in [-0.1, -0.05) is 85.9 Å². The number of carboxylic acid groups (broad SMARTS) is 1. The van der Waals surface area contributed by atoms with E-state index in [0.29, 0.717) is 43.4 Å². The van der Waals surface area contributed by atoms with E-state index in [2.05, 4.69) is 103 Å². The molecule has 3 heterocycles. The maximum absolute atomic E-state index is 13.3. The lowest BCUT2D eigenvalue weighted by atomic mass is 10.1. The molecule has 11 heteroatoms. The molecule has 326 valence electrons. The smallest absolute Gasteiger partial charge is 0.407 e. The fourth-order valence-corrected chi connectivity index (χ4v) is 7.11. The van der Waals surface area contributed by atoms with Crippen LogP contribution in [0.3, 0.4) is 0 Å². The highest BCUT2D eigenvalue weighted by atomic mass is 16.4. The number of amides is 2. The molecule has 0 aliphatic carbocycles. The van der Waals surface area contributed by atoms with Crippen LogP contribution in [0.4, 0.5) is 22.1 Å². The van der Waals surface area contributed by atoms with Gasteiger partial charge in [-0.3, -0.25) is 14.7 Å². The predicted molar refractivity (Wildman–Crippen MR) is 254 cm³/mol. The van der Waals surface area contributed by atoms with Crippen LogP contribution in [0.5, 0.6) is 0 Å². The maximum Gasteiger partial charge on any atom is 0.407 e. The zero-order chi connectivity index (χ0) is 43.6. The number of carbonyl (C=O) groups is 2. The summed E-state index contributed by atoms with van der Waals surface area (Å²) in [7, 11) is 0. The van der Waals surface area contributed by atoms with E-state index in [-0.39, 0.29) is 11.9 Å². The van der Waals surface area contributed by atoms with E-state index in [4.69, 9.17) is 0 Å². The third-order valence-electron chi connectivity index (χ3n) is 10.6. The number of benzene rings is 2. The molecule has 1 fully saturated rings. The fraction of sp³-hybridized carbons (Fsp3) is 0.353. The van der Waals surface area contributed by atoms with Crippen molar-refractivity contribution in [2.75, 3.05) is 43.4 Å². The summed E-state index contributed by atoms with van der Waals surface area (Å²) in [4.78, 5) is 42.5. The Morgan fingerprint density at radius 1 is 0.823 bits per heavy atom. The fourth-order valence-electron chi connectivity index (χ4n) is 7.11. The van der Waals surface area contributed by atoms with Gasteiger partial charge in [0.25, 0.3) is 5.91 Å². The van der Waals surface area contributed by atoms with E-state index in [9.17, 15) is 14.7 Å². The average molecular weight is 837 g/mol. The molecule has 0 saturated carbocycles. The van der Waals surface area contributed by atoms with E-state index >= 15 is 0 Å². The van der Waals surface area contributed by atoms with Crippen LogP contribution >= 0.6 is 0 Å². The van der Waals surface area contributed by atoms with Crippen molar-refractivity contribution in [1.82, 2.24) is 30.1 Å². The highest BCUT2D eigenvalue weighted by molar-refractivity contribution is 6.04. The molecular weight excluding hydrogens is 773 g/mol. The molecule has 2 aromatic heterocycles. The van der Waals surface area contributed by atoms with Crippen molar-refractivity contribution in [2.24, 2.45) is 0 Å². The maximum atomic E-state index is 13.3. The topological polar surface area (TPSA) is 136 Å². The molecule has 1 unspecified atom stereocenters. The molecule has 0 radical (unpaired) electrons. The number of pyridine rings is 1. The lowest BCUT2D eigenvalue weighted by Crippen LogP contribution is -2.55. The summed E-state index contributed by atoms with van der Waals surface area (Å²) in [6.07, 6.45) is 35.6. The molecule has 1 saturated heterocycles. The number of anilines is 3. The summed E-state index contributed by atoms with van der Waals surface area (Å²) in [5.41, 5.74) is 5.69. The number of hydrogen-bond donors (Lipinski definition) is 4. The zero-order valence-electron chi connectivity index (χ0n) is 36.5. The zero-order valence-corrected chi connectivity index (χ0v) is 36.5. The van der Waals surface area contributed by atoms with E-state index < -0.39 is 6.09 Å². The number of piperazine rings is 1. The van der Waals surface area contributed by atoms with Gasteiger partial charge in [-0.05, 0) is 131 Å². The normalized spacial score (nSPS) is 14.9. The summed E-state index contributed by atoms with van der Waals surface area (Å²) < 4.78 is 0. The Labute approximate surface area is 368 Å². The standard InChI is InChI=1S/C51H64N8O3/c1-3-4-5-6-7-8-9-10-11-12-13-14-15-16-17-18-19-20-31-52-33-29-46-40-58(35-36-59(46)51(61)62)39-42-24-26-43(27-25-42)49(60)55-45-28-23-41(2)48(37-45)57-50-54-34-30-47(56-50)44-22-21-32-53-38-44/h4-5,7-8,10-11,13-14,16-17,21-28,30,32,34,37-38,46,52H,3,6,9,12,15,18-20,29,31,33,35-36,39-40H2,1-2H3,(H,55,60)(H,61,62)(H,54,56,57)/b5-4-,8-7?,11-10?,14-13-,17-16-. The first kappa shape index (κ1) is 46.9. The minimum atomic E-state index is -0.859. The molecule has 1 aliphatic rings. The molecule has 62 heavy (non-hydrogen) atoms. The molecular formula is C51H64N8O3. The number of aromatic nitrogens is 3. The van der Waals surface area contributed by atoms with Gasteiger partial charge in [0.15, 0.2) is 0 Å². The lowest BCUT2D eigenvalue weighted by molar-refractivity contribution is 0.0612. The Bertz CT molecular complexity index is 2110. The Kier molecular flexibility index (Phi) is 20.4. The first-order valence-corrected chi connectivity index (χ1v) is 22.1. The minimum Gasteiger partial charge on any atom is -0.465 e. The van der Waals surface area contributed by atoms with Crippen molar-refractivity contribution in [3.05, 3.63) is 157 Å². The van der Waals surface area contributed by atoms with Crippen LogP contribution in [0.25, 0.3) is 11.3 Å². The van der Waals surface area contributed by atoms with Crippen molar-refractivity contribution < 1.29 is 14.7 Å². The van der Waals surface area contributed by atoms with E-state index in [1.165, 1.54) is 0 Å². The molecule has 1 aliphatic heterocycles. The summed E-state index contributed by atoms with van der Waals surface area (Å²) >= 11 is 0. The van der Waals surface area contributed by atoms with Crippen molar-refractivity contribution in [3.63, 3.8) is 0 Å². The van der Waals surface area contributed by atoms with E-state index in [1.54, 1.807) is 23.5 Å². The first-order chi connectivity index (χ1) is 30.4. The quantitative estimate of drug-likeness (QED) is 0.0402. The first-order valence-electron chi connectivity index (χ1n) is 22.1. The second-order valence-electron chi connectivity index (χ2n) is 15.4.